The quantitative estimate of drug-likeness (QED) is 0.482. The maximum absolute atomic E-state index is 12.4. The van der Waals surface area contributed by atoms with Gasteiger partial charge in [-0.25, -0.2) is 9.97 Å². The van der Waals surface area contributed by atoms with Crippen molar-refractivity contribution < 1.29 is 9.53 Å². The van der Waals surface area contributed by atoms with Gasteiger partial charge < -0.3 is 19.9 Å². The fourth-order valence-electron chi connectivity index (χ4n) is 4.74. The Bertz CT molecular complexity index is 1190. The number of aryl methyl sites for hydroxylation is 3. The van der Waals surface area contributed by atoms with E-state index in [-0.39, 0.29) is 11.9 Å². The van der Waals surface area contributed by atoms with Crippen molar-refractivity contribution in [1.29, 1.82) is 0 Å². The Labute approximate surface area is 212 Å². The molecule has 1 aliphatic rings. The maximum atomic E-state index is 12.4. The van der Waals surface area contributed by atoms with E-state index in [0.29, 0.717) is 24.5 Å². The van der Waals surface area contributed by atoms with Crippen molar-refractivity contribution in [3.63, 3.8) is 0 Å². The van der Waals surface area contributed by atoms with Crippen molar-refractivity contribution in [2.75, 3.05) is 50.2 Å². The van der Waals surface area contributed by atoms with Gasteiger partial charge in [-0.15, -0.1) is 5.10 Å². The molecule has 0 atom stereocenters. The highest BCUT2D eigenvalue weighted by molar-refractivity contribution is 5.94. The molecular formula is C27H35N7O2. The van der Waals surface area contributed by atoms with Crippen LogP contribution in [0.2, 0.25) is 0 Å². The lowest BCUT2D eigenvalue weighted by Crippen LogP contribution is -2.44. The molecule has 3 aromatic rings. The van der Waals surface area contributed by atoms with Crippen LogP contribution in [0.5, 0.6) is 0 Å². The lowest BCUT2D eigenvalue weighted by atomic mass is 9.98. The molecular weight excluding hydrogens is 454 g/mol. The predicted octanol–water partition coefficient (Wildman–Crippen LogP) is 3.34. The number of ether oxygens (including phenoxy) is 1. The van der Waals surface area contributed by atoms with Crippen molar-refractivity contribution in [1.82, 2.24) is 25.5 Å². The molecule has 1 saturated heterocycles. The van der Waals surface area contributed by atoms with Gasteiger partial charge in [0.1, 0.15) is 0 Å². The maximum Gasteiger partial charge on any atom is 0.253 e. The number of benzene rings is 1. The number of hydrogen-bond donors (Lipinski definition) is 1. The summed E-state index contributed by atoms with van der Waals surface area (Å²) >= 11 is 0. The molecule has 1 aromatic carbocycles. The molecule has 0 unspecified atom stereocenters. The molecule has 0 radical (unpaired) electrons. The number of aromatic nitrogens is 4. The summed E-state index contributed by atoms with van der Waals surface area (Å²) in [4.78, 5) is 26.5. The van der Waals surface area contributed by atoms with Crippen LogP contribution in [0.4, 0.5) is 11.8 Å². The minimum Gasteiger partial charge on any atom is -0.383 e. The van der Waals surface area contributed by atoms with Gasteiger partial charge in [0.05, 0.1) is 29.8 Å². The Hall–Kier alpha value is -3.59. The van der Waals surface area contributed by atoms with Crippen molar-refractivity contribution >= 4 is 17.7 Å². The zero-order valence-electron chi connectivity index (χ0n) is 21.8. The fourth-order valence-corrected chi connectivity index (χ4v) is 4.74. The summed E-state index contributed by atoms with van der Waals surface area (Å²) in [5.74, 6) is 1.31. The van der Waals surface area contributed by atoms with E-state index < -0.39 is 0 Å². The van der Waals surface area contributed by atoms with Crippen LogP contribution in [-0.4, -0.2) is 72.5 Å². The minimum atomic E-state index is -0.177. The summed E-state index contributed by atoms with van der Waals surface area (Å²) < 4.78 is 4.99. The Balaban J connectivity index is 1.42. The van der Waals surface area contributed by atoms with Crippen LogP contribution in [0.3, 0.4) is 0 Å². The molecule has 9 heteroatoms. The van der Waals surface area contributed by atoms with Crippen molar-refractivity contribution in [2.45, 2.75) is 39.7 Å². The molecule has 9 nitrogen and oxygen atoms in total. The summed E-state index contributed by atoms with van der Waals surface area (Å²) in [6, 6.07) is 10.5. The van der Waals surface area contributed by atoms with Gasteiger partial charge in [-0.1, -0.05) is 24.3 Å². The van der Waals surface area contributed by atoms with E-state index >= 15 is 0 Å². The summed E-state index contributed by atoms with van der Waals surface area (Å²) in [6.07, 6.45) is 3.36. The first kappa shape index (κ1) is 25.5. The average molecular weight is 490 g/mol. The molecule has 0 aliphatic carbocycles. The highest BCUT2D eigenvalue weighted by Crippen LogP contribution is 2.30. The van der Waals surface area contributed by atoms with Gasteiger partial charge in [0.25, 0.3) is 5.91 Å². The standard InChI is InChI=1S/C27H35N7O2/c1-18-8-6-7-9-23(18)25-19(2)30-27(31-20(25)3)34-13-10-22(11-14-34)33(4)24-16-21(17-29-32-24)26(35)28-12-15-36-5/h6-9,16-17,22H,10-15H2,1-5H3,(H,28,35). The normalized spacial score (nSPS) is 14.1. The lowest BCUT2D eigenvalue weighted by molar-refractivity contribution is 0.0936. The summed E-state index contributed by atoms with van der Waals surface area (Å²) in [5, 5.41) is 11.2. The van der Waals surface area contributed by atoms with Crippen molar-refractivity contribution in [2.24, 2.45) is 0 Å². The van der Waals surface area contributed by atoms with Crippen LogP contribution in [0, 0.1) is 20.8 Å². The highest BCUT2D eigenvalue weighted by Gasteiger charge is 2.26. The fraction of sp³-hybridized carbons (Fsp3) is 0.444. The number of carbonyl (C=O) groups excluding carboxylic acids is 1. The number of nitrogens with zero attached hydrogens (tertiary/aromatic N) is 6. The first-order chi connectivity index (χ1) is 17.4. The number of rotatable bonds is 8. The van der Waals surface area contributed by atoms with E-state index in [1.54, 1.807) is 13.2 Å². The van der Waals surface area contributed by atoms with Crippen LogP contribution >= 0.6 is 0 Å². The van der Waals surface area contributed by atoms with Gasteiger partial charge in [0, 0.05) is 45.4 Å². The van der Waals surface area contributed by atoms with Crippen LogP contribution < -0.4 is 15.1 Å². The molecule has 190 valence electrons. The zero-order chi connectivity index (χ0) is 25.7. The zero-order valence-corrected chi connectivity index (χ0v) is 21.8. The van der Waals surface area contributed by atoms with Gasteiger partial charge in [-0.05, 0) is 50.8 Å². The molecule has 1 fully saturated rings. The van der Waals surface area contributed by atoms with Gasteiger partial charge in [-0.2, -0.15) is 5.10 Å². The summed E-state index contributed by atoms with van der Waals surface area (Å²) in [6.45, 7) is 8.87. The Morgan fingerprint density at radius 3 is 2.50 bits per heavy atom. The number of hydrogen-bond acceptors (Lipinski definition) is 8. The van der Waals surface area contributed by atoms with E-state index in [4.69, 9.17) is 14.7 Å². The van der Waals surface area contributed by atoms with Crippen LogP contribution in [0.15, 0.2) is 36.5 Å². The Morgan fingerprint density at radius 1 is 1.14 bits per heavy atom. The number of carbonyl (C=O) groups is 1. The number of anilines is 2. The second-order valence-electron chi connectivity index (χ2n) is 9.26. The third-order valence-corrected chi connectivity index (χ3v) is 6.83. The minimum absolute atomic E-state index is 0.177. The molecule has 2 aromatic heterocycles. The molecule has 4 rings (SSSR count). The number of nitrogens with one attached hydrogen (secondary N) is 1. The first-order valence-corrected chi connectivity index (χ1v) is 12.4. The molecule has 0 spiro atoms. The van der Waals surface area contributed by atoms with E-state index in [0.717, 1.165) is 48.8 Å². The van der Waals surface area contributed by atoms with Gasteiger partial charge in [-0.3, -0.25) is 4.79 Å². The van der Waals surface area contributed by atoms with Crippen LogP contribution in [-0.2, 0) is 4.74 Å². The van der Waals surface area contributed by atoms with E-state index in [1.165, 1.54) is 17.3 Å². The topological polar surface area (TPSA) is 96.4 Å². The van der Waals surface area contributed by atoms with Gasteiger partial charge >= 0.3 is 0 Å². The SMILES string of the molecule is COCCNC(=O)c1cnnc(N(C)C2CCN(c3nc(C)c(-c4ccccc4C)c(C)n3)CC2)c1. The molecule has 0 bridgehead atoms. The largest absolute Gasteiger partial charge is 0.383 e. The summed E-state index contributed by atoms with van der Waals surface area (Å²) in [5.41, 5.74) is 6.03. The smallest absolute Gasteiger partial charge is 0.253 e. The van der Waals surface area contributed by atoms with Gasteiger partial charge in [0.2, 0.25) is 5.95 Å². The lowest BCUT2D eigenvalue weighted by Gasteiger charge is -2.37. The third-order valence-electron chi connectivity index (χ3n) is 6.83. The van der Waals surface area contributed by atoms with Crippen molar-refractivity contribution in [3.05, 3.63) is 59.0 Å². The van der Waals surface area contributed by atoms with Crippen LogP contribution in [0.25, 0.3) is 11.1 Å². The monoisotopic (exact) mass is 489 g/mol. The van der Waals surface area contributed by atoms with Crippen molar-refractivity contribution in [3.8, 4) is 11.1 Å². The van der Waals surface area contributed by atoms with E-state index in [9.17, 15) is 4.79 Å². The molecule has 3 heterocycles. The van der Waals surface area contributed by atoms with E-state index in [2.05, 4.69) is 70.4 Å². The molecule has 1 N–H and O–H groups in total. The second-order valence-corrected chi connectivity index (χ2v) is 9.26. The van der Waals surface area contributed by atoms with Gasteiger partial charge in [0.15, 0.2) is 5.82 Å². The number of methoxy groups -OCH3 is 1. The average Bonchev–Trinajstić information content (AvgIpc) is 2.89. The number of piperidine rings is 1. The summed E-state index contributed by atoms with van der Waals surface area (Å²) in [7, 11) is 3.62. The molecule has 0 saturated carbocycles. The molecule has 1 aliphatic heterocycles. The number of amides is 1. The second kappa shape index (κ2) is 11.4. The Morgan fingerprint density at radius 2 is 1.83 bits per heavy atom. The Kier molecular flexibility index (Phi) is 8.10. The predicted molar refractivity (Wildman–Crippen MR) is 142 cm³/mol. The van der Waals surface area contributed by atoms with E-state index in [1.807, 2.05) is 7.05 Å². The molecule has 36 heavy (non-hydrogen) atoms. The molecule has 1 amide bonds. The third kappa shape index (κ3) is 5.62. The van der Waals surface area contributed by atoms with Crippen LogP contribution in [0.1, 0.15) is 40.2 Å². The highest BCUT2D eigenvalue weighted by atomic mass is 16.5. The first-order valence-electron chi connectivity index (χ1n) is 12.4.